The van der Waals surface area contributed by atoms with Gasteiger partial charge in [-0.25, -0.2) is 0 Å². The van der Waals surface area contributed by atoms with Crippen LogP contribution in [0.1, 0.15) is 37.2 Å². The fourth-order valence-corrected chi connectivity index (χ4v) is 4.23. The van der Waals surface area contributed by atoms with Crippen LogP contribution < -0.4 is 9.64 Å². The Hall–Kier alpha value is -3.68. The summed E-state index contributed by atoms with van der Waals surface area (Å²) in [5.41, 5.74) is 2.13. The normalized spacial score (nSPS) is 19.0. The lowest BCUT2D eigenvalue weighted by Crippen LogP contribution is -2.40. The maximum Gasteiger partial charge on any atom is 0.271 e. The first kappa shape index (κ1) is 19.6. The molecule has 0 spiro atoms. The van der Waals surface area contributed by atoms with E-state index in [9.17, 15) is 24.8 Å². The average molecular weight is 408 g/mol. The zero-order valence-corrected chi connectivity index (χ0v) is 16.3. The number of rotatable bonds is 4. The van der Waals surface area contributed by atoms with E-state index < -0.39 is 10.8 Å². The number of non-ortho nitro benzene ring substituents is 1. The van der Waals surface area contributed by atoms with Crippen molar-refractivity contribution >= 4 is 23.1 Å². The van der Waals surface area contributed by atoms with Crippen LogP contribution in [0, 0.1) is 10.1 Å². The third-order valence-electron chi connectivity index (χ3n) is 5.58. The summed E-state index contributed by atoms with van der Waals surface area (Å²) in [7, 11) is 1.44. The molecule has 8 nitrogen and oxygen atoms in total. The molecule has 2 aromatic carbocycles. The Morgan fingerprint density at radius 3 is 2.70 bits per heavy atom. The zero-order chi connectivity index (χ0) is 21.4. The van der Waals surface area contributed by atoms with Gasteiger partial charge in [-0.15, -0.1) is 0 Å². The SMILES string of the molecule is COc1cc(C2CC(=O)N(c3cccc([N+](=O)[O-])c3)C3=C2C(=O)CCC3)ccc1O. The first-order valence-corrected chi connectivity index (χ1v) is 9.61. The number of nitro groups is 1. The number of ether oxygens (including phenoxy) is 1. The lowest BCUT2D eigenvalue weighted by atomic mass is 9.77. The van der Waals surface area contributed by atoms with Crippen molar-refractivity contribution in [3.05, 3.63) is 69.4 Å². The molecule has 1 atom stereocenters. The number of phenolic OH excluding ortho intramolecular Hbond substituents is 1. The van der Waals surface area contributed by atoms with Gasteiger partial charge in [0.1, 0.15) is 0 Å². The third kappa shape index (κ3) is 3.30. The topological polar surface area (TPSA) is 110 Å². The number of allylic oxidation sites excluding steroid dienone is 2. The summed E-state index contributed by atoms with van der Waals surface area (Å²) in [6.45, 7) is 0. The van der Waals surface area contributed by atoms with Crippen LogP contribution in [0.15, 0.2) is 53.7 Å². The van der Waals surface area contributed by atoms with Crippen LogP contribution in [-0.4, -0.2) is 28.8 Å². The first-order chi connectivity index (χ1) is 14.4. The van der Waals surface area contributed by atoms with Gasteiger partial charge in [0.05, 0.1) is 17.7 Å². The highest BCUT2D eigenvalue weighted by Gasteiger charge is 2.40. The Balaban J connectivity index is 1.85. The number of aromatic hydroxyl groups is 1. The third-order valence-corrected chi connectivity index (χ3v) is 5.58. The summed E-state index contributed by atoms with van der Waals surface area (Å²) in [5, 5.41) is 21.1. The molecular weight excluding hydrogens is 388 g/mol. The van der Waals surface area contributed by atoms with Crippen molar-refractivity contribution < 1.29 is 24.4 Å². The Morgan fingerprint density at radius 1 is 1.17 bits per heavy atom. The average Bonchev–Trinajstić information content (AvgIpc) is 2.73. The van der Waals surface area contributed by atoms with E-state index in [-0.39, 0.29) is 35.3 Å². The lowest BCUT2D eigenvalue weighted by Gasteiger charge is -2.38. The summed E-state index contributed by atoms with van der Waals surface area (Å²) >= 11 is 0. The van der Waals surface area contributed by atoms with Crippen LogP contribution >= 0.6 is 0 Å². The van der Waals surface area contributed by atoms with Crippen LogP contribution in [0.3, 0.4) is 0 Å². The molecule has 0 saturated carbocycles. The minimum absolute atomic E-state index is 0.0224. The van der Waals surface area contributed by atoms with Gasteiger partial charge in [0, 0.05) is 42.2 Å². The van der Waals surface area contributed by atoms with Gasteiger partial charge in [-0.2, -0.15) is 0 Å². The van der Waals surface area contributed by atoms with Crippen LogP contribution in [0.5, 0.6) is 11.5 Å². The van der Waals surface area contributed by atoms with Gasteiger partial charge < -0.3 is 9.84 Å². The van der Waals surface area contributed by atoms with Crippen molar-refractivity contribution in [2.75, 3.05) is 12.0 Å². The number of anilines is 1. The minimum atomic E-state index is -0.509. The molecule has 0 saturated heterocycles. The number of hydrogen-bond acceptors (Lipinski definition) is 6. The van der Waals surface area contributed by atoms with Crippen LogP contribution in [0.25, 0.3) is 0 Å². The number of ketones is 1. The molecule has 30 heavy (non-hydrogen) atoms. The minimum Gasteiger partial charge on any atom is -0.504 e. The van der Waals surface area contributed by atoms with E-state index in [1.807, 2.05) is 0 Å². The van der Waals surface area contributed by atoms with Gasteiger partial charge in [-0.1, -0.05) is 12.1 Å². The second-order valence-electron chi connectivity index (χ2n) is 7.33. The van der Waals surface area contributed by atoms with E-state index >= 15 is 0 Å². The molecule has 0 fully saturated rings. The number of nitrogens with zero attached hydrogens (tertiary/aromatic N) is 2. The van der Waals surface area contributed by atoms with E-state index in [4.69, 9.17) is 4.74 Å². The molecule has 2 aliphatic rings. The molecule has 8 heteroatoms. The predicted molar refractivity (Wildman–Crippen MR) is 108 cm³/mol. The summed E-state index contributed by atoms with van der Waals surface area (Å²) in [4.78, 5) is 38.2. The molecule has 1 N–H and O–H groups in total. The Morgan fingerprint density at radius 2 is 1.97 bits per heavy atom. The van der Waals surface area contributed by atoms with Gasteiger partial charge in [0.2, 0.25) is 5.91 Å². The van der Waals surface area contributed by atoms with E-state index in [2.05, 4.69) is 0 Å². The van der Waals surface area contributed by atoms with Gasteiger partial charge in [0.15, 0.2) is 17.3 Å². The summed E-state index contributed by atoms with van der Waals surface area (Å²) in [6, 6.07) is 10.7. The maximum atomic E-state index is 13.2. The Bertz CT molecular complexity index is 1090. The highest BCUT2D eigenvalue weighted by atomic mass is 16.6. The molecule has 2 aromatic rings. The van der Waals surface area contributed by atoms with Crippen molar-refractivity contribution in [3.63, 3.8) is 0 Å². The quantitative estimate of drug-likeness (QED) is 0.608. The summed E-state index contributed by atoms with van der Waals surface area (Å²) in [6.07, 6.45) is 1.58. The zero-order valence-electron chi connectivity index (χ0n) is 16.3. The number of phenols is 1. The monoisotopic (exact) mass is 408 g/mol. The fourth-order valence-electron chi connectivity index (χ4n) is 4.23. The number of amides is 1. The van der Waals surface area contributed by atoms with Crippen LogP contribution in [0.4, 0.5) is 11.4 Å². The van der Waals surface area contributed by atoms with E-state index in [1.165, 1.54) is 36.3 Å². The molecule has 1 aliphatic carbocycles. The molecule has 0 radical (unpaired) electrons. The number of benzene rings is 2. The fraction of sp³-hybridized carbons (Fsp3) is 0.273. The molecule has 154 valence electrons. The van der Waals surface area contributed by atoms with Crippen LogP contribution in [-0.2, 0) is 9.59 Å². The Labute approximate surface area is 172 Å². The number of carbonyl (C=O) groups excluding carboxylic acids is 2. The van der Waals surface area contributed by atoms with E-state index in [0.717, 1.165) is 0 Å². The summed E-state index contributed by atoms with van der Waals surface area (Å²) < 4.78 is 5.18. The molecule has 1 amide bonds. The highest BCUT2D eigenvalue weighted by molar-refractivity contribution is 6.07. The molecule has 0 aromatic heterocycles. The summed E-state index contributed by atoms with van der Waals surface area (Å²) in [5.74, 6) is -0.473. The molecule has 1 unspecified atom stereocenters. The van der Waals surface area contributed by atoms with Crippen molar-refractivity contribution in [2.45, 2.75) is 31.6 Å². The van der Waals surface area contributed by atoms with Gasteiger partial charge >= 0.3 is 0 Å². The molecule has 4 rings (SSSR count). The van der Waals surface area contributed by atoms with Crippen molar-refractivity contribution in [3.8, 4) is 11.5 Å². The highest BCUT2D eigenvalue weighted by Crippen LogP contribution is 2.45. The Kier molecular flexibility index (Phi) is 4.99. The second kappa shape index (κ2) is 7.62. The second-order valence-corrected chi connectivity index (χ2v) is 7.33. The smallest absolute Gasteiger partial charge is 0.271 e. The molecule has 1 aliphatic heterocycles. The number of methoxy groups -OCH3 is 1. The van der Waals surface area contributed by atoms with Gasteiger partial charge in [-0.3, -0.25) is 24.6 Å². The van der Waals surface area contributed by atoms with Crippen molar-refractivity contribution in [1.82, 2.24) is 0 Å². The van der Waals surface area contributed by atoms with E-state index in [1.54, 1.807) is 18.2 Å². The molecule has 1 heterocycles. The molecule has 0 bridgehead atoms. The number of nitro benzene ring substituents is 1. The van der Waals surface area contributed by atoms with Crippen molar-refractivity contribution in [2.24, 2.45) is 0 Å². The standard InChI is InChI=1S/C22H20N2O6/c1-30-20-10-13(8-9-18(20)25)16-12-21(27)23(17-6-3-7-19(26)22(16)17)14-4-2-5-15(11-14)24(28)29/h2,4-5,8-11,16,25H,3,6-7,12H2,1H3. The van der Waals surface area contributed by atoms with Gasteiger partial charge in [-0.05, 0) is 36.6 Å². The number of hydrogen-bond donors (Lipinski definition) is 1. The number of carbonyl (C=O) groups is 2. The van der Waals surface area contributed by atoms with E-state index in [0.29, 0.717) is 41.8 Å². The van der Waals surface area contributed by atoms with Crippen LogP contribution in [0.2, 0.25) is 0 Å². The predicted octanol–water partition coefficient (Wildman–Crippen LogP) is 3.84. The molecular formula is C22H20N2O6. The maximum absolute atomic E-state index is 13.2. The lowest BCUT2D eigenvalue weighted by molar-refractivity contribution is -0.384. The first-order valence-electron chi connectivity index (χ1n) is 9.61. The largest absolute Gasteiger partial charge is 0.504 e. The van der Waals surface area contributed by atoms with Gasteiger partial charge in [0.25, 0.3) is 5.69 Å². The van der Waals surface area contributed by atoms with Crippen molar-refractivity contribution in [1.29, 1.82) is 0 Å². The number of Topliss-reactive ketones (excluding diaryl/α,β-unsaturated/α-hetero) is 1.